The number of hydrogen-bond acceptors (Lipinski definition) is 2. The number of halogens is 1. The average Bonchev–Trinajstić information content (AvgIpc) is 3.12. The molecule has 3 heteroatoms. The maximum Gasteiger partial charge on any atom is 0.0441 e. The number of benzene rings is 1. The molecule has 0 bridgehead atoms. The Morgan fingerprint density at radius 1 is 1.26 bits per heavy atom. The van der Waals surface area contributed by atoms with Crippen molar-refractivity contribution in [3.05, 3.63) is 45.2 Å². The second-order valence-corrected chi connectivity index (χ2v) is 7.19. The van der Waals surface area contributed by atoms with Crippen LogP contribution in [0, 0.1) is 12.8 Å². The summed E-state index contributed by atoms with van der Waals surface area (Å²) in [6, 6.07) is 11.5. The molecule has 1 aromatic heterocycles. The van der Waals surface area contributed by atoms with Crippen LogP contribution in [0.15, 0.2) is 34.8 Å². The molecule has 1 atom stereocenters. The molecule has 1 saturated carbocycles. The molecular weight excluding hydrogens is 318 g/mol. The highest BCUT2D eigenvalue weighted by atomic mass is 79.9. The Labute approximate surface area is 127 Å². The molecule has 0 spiro atoms. The summed E-state index contributed by atoms with van der Waals surface area (Å²) in [6.07, 6.45) is 2.74. The second-order valence-electron chi connectivity index (χ2n) is 5.22. The first-order valence-corrected chi connectivity index (χ1v) is 8.34. The molecule has 1 N–H and O–H groups in total. The van der Waals surface area contributed by atoms with E-state index in [0.717, 1.165) is 5.92 Å². The van der Waals surface area contributed by atoms with Crippen LogP contribution in [0.1, 0.15) is 29.3 Å². The van der Waals surface area contributed by atoms with E-state index in [4.69, 9.17) is 0 Å². The Morgan fingerprint density at radius 3 is 2.74 bits per heavy atom. The second kappa shape index (κ2) is 5.39. The zero-order valence-corrected chi connectivity index (χ0v) is 13.6. The van der Waals surface area contributed by atoms with Crippen molar-refractivity contribution in [2.24, 2.45) is 5.92 Å². The quantitative estimate of drug-likeness (QED) is 0.813. The van der Waals surface area contributed by atoms with E-state index in [9.17, 15) is 0 Å². The van der Waals surface area contributed by atoms with Crippen LogP contribution in [0.25, 0.3) is 10.4 Å². The average molecular weight is 336 g/mol. The molecule has 0 saturated heterocycles. The van der Waals surface area contributed by atoms with E-state index in [2.05, 4.69) is 65.5 Å². The molecular formula is C16H18BrNS. The smallest absolute Gasteiger partial charge is 0.0441 e. The first-order chi connectivity index (χ1) is 9.20. The van der Waals surface area contributed by atoms with Crippen LogP contribution < -0.4 is 5.32 Å². The molecule has 2 aromatic rings. The Balaban J connectivity index is 1.94. The molecule has 1 aromatic carbocycles. The molecule has 1 heterocycles. The standard InChI is InChI=1S/C16H18BrNS/c1-10-12(4-3-5-13(10)17)14-8-9-15(19-14)16(18-2)11-6-7-11/h3-5,8-9,11,16,18H,6-7H2,1-2H3. The summed E-state index contributed by atoms with van der Waals surface area (Å²) < 4.78 is 1.19. The first-order valence-electron chi connectivity index (χ1n) is 6.73. The molecule has 100 valence electrons. The summed E-state index contributed by atoms with van der Waals surface area (Å²) in [7, 11) is 2.08. The highest BCUT2D eigenvalue weighted by Crippen LogP contribution is 2.44. The number of nitrogens with one attached hydrogen (secondary N) is 1. The van der Waals surface area contributed by atoms with Gasteiger partial charge in [-0.15, -0.1) is 11.3 Å². The minimum Gasteiger partial charge on any atom is -0.312 e. The van der Waals surface area contributed by atoms with Gasteiger partial charge in [-0.3, -0.25) is 0 Å². The van der Waals surface area contributed by atoms with Crippen LogP contribution in [0.3, 0.4) is 0 Å². The van der Waals surface area contributed by atoms with Crippen molar-refractivity contribution in [2.75, 3.05) is 7.05 Å². The molecule has 0 radical (unpaired) electrons. The van der Waals surface area contributed by atoms with Crippen LogP contribution in [-0.4, -0.2) is 7.05 Å². The van der Waals surface area contributed by atoms with E-state index in [1.807, 2.05) is 11.3 Å². The molecule has 0 amide bonds. The molecule has 19 heavy (non-hydrogen) atoms. The fourth-order valence-electron chi connectivity index (χ4n) is 2.58. The predicted octanol–water partition coefficient (Wildman–Crippen LogP) is 5.16. The molecule has 0 aliphatic heterocycles. The van der Waals surface area contributed by atoms with Gasteiger partial charge in [0.2, 0.25) is 0 Å². The highest BCUT2D eigenvalue weighted by Gasteiger charge is 2.32. The zero-order chi connectivity index (χ0) is 13.4. The third-order valence-electron chi connectivity index (χ3n) is 3.87. The summed E-state index contributed by atoms with van der Waals surface area (Å²) in [4.78, 5) is 2.84. The van der Waals surface area contributed by atoms with Crippen LogP contribution in [0.2, 0.25) is 0 Å². The van der Waals surface area contributed by atoms with Gasteiger partial charge >= 0.3 is 0 Å². The van der Waals surface area contributed by atoms with Gasteiger partial charge in [0.05, 0.1) is 0 Å². The van der Waals surface area contributed by atoms with Crippen molar-refractivity contribution in [3.63, 3.8) is 0 Å². The Bertz CT molecular complexity index is 586. The van der Waals surface area contributed by atoms with E-state index in [0.29, 0.717) is 6.04 Å². The fraction of sp³-hybridized carbons (Fsp3) is 0.375. The maximum absolute atomic E-state index is 3.62. The summed E-state index contributed by atoms with van der Waals surface area (Å²) in [5.74, 6) is 0.847. The van der Waals surface area contributed by atoms with E-state index >= 15 is 0 Å². The molecule has 3 rings (SSSR count). The molecule has 1 nitrogen and oxygen atoms in total. The van der Waals surface area contributed by atoms with E-state index < -0.39 is 0 Å². The van der Waals surface area contributed by atoms with E-state index in [1.54, 1.807) is 0 Å². The van der Waals surface area contributed by atoms with Crippen LogP contribution >= 0.6 is 27.3 Å². The van der Waals surface area contributed by atoms with Gasteiger partial charge in [0.25, 0.3) is 0 Å². The minimum atomic E-state index is 0.547. The van der Waals surface area contributed by atoms with Crippen molar-refractivity contribution >= 4 is 27.3 Å². The Morgan fingerprint density at radius 2 is 2.05 bits per heavy atom. The van der Waals surface area contributed by atoms with Crippen molar-refractivity contribution in [1.29, 1.82) is 0 Å². The van der Waals surface area contributed by atoms with Crippen molar-refractivity contribution in [1.82, 2.24) is 5.32 Å². The lowest BCUT2D eigenvalue weighted by atomic mass is 10.1. The minimum absolute atomic E-state index is 0.547. The normalized spacial score (nSPS) is 16.6. The first kappa shape index (κ1) is 13.3. The van der Waals surface area contributed by atoms with E-state index in [-0.39, 0.29) is 0 Å². The lowest BCUT2D eigenvalue weighted by molar-refractivity contribution is 0.537. The molecule has 1 fully saturated rings. The molecule has 1 aliphatic carbocycles. The topological polar surface area (TPSA) is 12.0 Å². The fourth-order valence-corrected chi connectivity index (χ4v) is 4.24. The Kier molecular flexibility index (Phi) is 3.79. The number of thiophene rings is 1. The monoisotopic (exact) mass is 335 g/mol. The number of hydrogen-bond donors (Lipinski definition) is 1. The van der Waals surface area contributed by atoms with E-state index in [1.165, 1.54) is 38.2 Å². The third kappa shape index (κ3) is 2.64. The van der Waals surface area contributed by atoms with Crippen molar-refractivity contribution in [3.8, 4) is 10.4 Å². The number of rotatable bonds is 4. The predicted molar refractivity (Wildman–Crippen MR) is 86.7 cm³/mol. The largest absolute Gasteiger partial charge is 0.312 e. The van der Waals surface area contributed by atoms with Crippen molar-refractivity contribution in [2.45, 2.75) is 25.8 Å². The van der Waals surface area contributed by atoms with Gasteiger partial charge in [0, 0.05) is 20.3 Å². The summed E-state index contributed by atoms with van der Waals surface area (Å²) >= 11 is 5.54. The van der Waals surface area contributed by atoms with Gasteiger partial charge in [-0.1, -0.05) is 28.1 Å². The summed E-state index contributed by atoms with van der Waals surface area (Å²) in [5.41, 5.74) is 2.67. The summed E-state index contributed by atoms with van der Waals surface area (Å²) in [5, 5.41) is 3.47. The van der Waals surface area contributed by atoms with Gasteiger partial charge in [-0.05, 0) is 62.1 Å². The summed E-state index contributed by atoms with van der Waals surface area (Å²) in [6.45, 7) is 2.18. The van der Waals surface area contributed by atoms with Gasteiger partial charge in [0.15, 0.2) is 0 Å². The van der Waals surface area contributed by atoms with Crippen LogP contribution in [-0.2, 0) is 0 Å². The van der Waals surface area contributed by atoms with Gasteiger partial charge in [0.1, 0.15) is 0 Å². The third-order valence-corrected chi connectivity index (χ3v) is 5.93. The lowest BCUT2D eigenvalue weighted by Gasteiger charge is -2.12. The lowest BCUT2D eigenvalue weighted by Crippen LogP contribution is -2.16. The van der Waals surface area contributed by atoms with Crippen molar-refractivity contribution < 1.29 is 0 Å². The van der Waals surface area contributed by atoms with Crippen LogP contribution in [0.5, 0.6) is 0 Å². The highest BCUT2D eigenvalue weighted by molar-refractivity contribution is 9.10. The molecule has 1 aliphatic rings. The Hall–Kier alpha value is -0.640. The van der Waals surface area contributed by atoms with Crippen LogP contribution in [0.4, 0.5) is 0 Å². The maximum atomic E-state index is 3.62. The zero-order valence-electron chi connectivity index (χ0n) is 11.2. The molecule has 1 unspecified atom stereocenters. The van der Waals surface area contributed by atoms with Gasteiger partial charge < -0.3 is 5.32 Å². The SMILES string of the molecule is CNC(c1ccc(-c2cccc(Br)c2C)s1)C1CC1. The van der Waals surface area contributed by atoms with Gasteiger partial charge in [-0.2, -0.15) is 0 Å². The van der Waals surface area contributed by atoms with Gasteiger partial charge in [-0.25, -0.2) is 0 Å².